The fourth-order valence-electron chi connectivity index (χ4n) is 3.10. The van der Waals surface area contributed by atoms with E-state index >= 15 is 0 Å². The molecule has 1 saturated heterocycles. The largest absolute Gasteiger partial charge is 0.343 e. The normalized spacial score (nSPS) is 17.4. The minimum absolute atomic E-state index is 0.0218. The highest BCUT2D eigenvalue weighted by Gasteiger charge is 2.35. The van der Waals surface area contributed by atoms with Crippen molar-refractivity contribution >= 4 is 17.2 Å². The minimum atomic E-state index is -0.0900. The van der Waals surface area contributed by atoms with Crippen molar-refractivity contribution in [3.8, 4) is 11.5 Å². The summed E-state index contributed by atoms with van der Waals surface area (Å²) in [6.07, 6.45) is 8.58. The van der Waals surface area contributed by atoms with Crippen LogP contribution in [0.4, 0.5) is 0 Å². The van der Waals surface area contributed by atoms with Crippen LogP contribution >= 0.6 is 11.3 Å². The highest BCUT2D eigenvalue weighted by Crippen LogP contribution is 2.36. The van der Waals surface area contributed by atoms with Crippen LogP contribution in [0.3, 0.4) is 0 Å². The molecule has 8 heteroatoms. The van der Waals surface area contributed by atoms with Gasteiger partial charge in [-0.2, -0.15) is 0 Å². The fraction of sp³-hybridized carbons (Fsp3) is 0.312. The van der Waals surface area contributed by atoms with Crippen molar-refractivity contribution in [2.45, 2.75) is 25.8 Å². The molecule has 3 aromatic rings. The molecule has 1 amide bonds. The maximum Gasteiger partial charge on any atom is 0.266 e. The van der Waals surface area contributed by atoms with Crippen molar-refractivity contribution in [3.63, 3.8) is 0 Å². The second-order valence-electron chi connectivity index (χ2n) is 5.65. The summed E-state index contributed by atoms with van der Waals surface area (Å²) in [6.45, 7) is 2.58. The van der Waals surface area contributed by atoms with Crippen molar-refractivity contribution < 1.29 is 4.79 Å². The van der Waals surface area contributed by atoms with E-state index < -0.39 is 0 Å². The number of nitrogens with one attached hydrogen (secondary N) is 1. The number of aryl methyl sites for hydroxylation is 1. The minimum Gasteiger partial charge on any atom is -0.343 e. The van der Waals surface area contributed by atoms with Gasteiger partial charge < -0.3 is 9.88 Å². The van der Waals surface area contributed by atoms with Crippen molar-refractivity contribution in [1.29, 1.82) is 0 Å². The molecule has 0 aliphatic carbocycles. The Balaban J connectivity index is 1.72. The number of hydrogen-bond acceptors (Lipinski definition) is 6. The summed E-state index contributed by atoms with van der Waals surface area (Å²) in [5.74, 6) is 0.694. The molecule has 7 nitrogen and oxygen atoms in total. The number of aromatic amines is 1. The first-order valence-electron chi connectivity index (χ1n) is 7.77. The number of carbonyl (C=O) groups is 1. The molecule has 4 rings (SSSR count). The third-order valence-corrected chi connectivity index (χ3v) is 5.13. The standard InChI is InChI=1S/C16H16N6OS/c1-10-14(24-9-21-10)16(23)22-8-2-3-11(22)12-13(18-5-4-17-12)15-19-6-7-20-15/h4-7,9,11H,2-3,8H2,1H3,(H,19,20). The summed E-state index contributed by atoms with van der Waals surface area (Å²) in [6, 6.07) is -0.0900. The third-order valence-electron chi connectivity index (χ3n) is 4.22. The number of hydrogen-bond donors (Lipinski definition) is 1. The number of carbonyl (C=O) groups excluding carboxylic acids is 1. The van der Waals surface area contributed by atoms with Crippen LogP contribution < -0.4 is 0 Å². The second-order valence-corrected chi connectivity index (χ2v) is 6.51. The Hall–Kier alpha value is -2.61. The number of aromatic nitrogens is 5. The zero-order chi connectivity index (χ0) is 16.5. The lowest BCUT2D eigenvalue weighted by Gasteiger charge is -2.24. The molecule has 0 aromatic carbocycles. The van der Waals surface area contributed by atoms with Crippen molar-refractivity contribution in [3.05, 3.63) is 46.6 Å². The van der Waals surface area contributed by atoms with Gasteiger partial charge in [-0.1, -0.05) is 0 Å². The van der Waals surface area contributed by atoms with Crippen LogP contribution in [0.15, 0.2) is 30.3 Å². The average Bonchev–Trinajstić information content (AvgIpc) is 3.35. The van der Waals surface area contributed by atoms with Crippen LogP contribution in [-0.2, 0) is 0 Å². The van der Waals surface area contributed by atoms with Gasteiger partial charge in [-0.05, 0) is 19.8 Å². The predicted molar refractivity (Wildman–Crippen MR) is 89.5 cm³/mol. The molecule has 1 atom stereocenters. The fourth-order valence-corrected chi connectivity index (χ4v) is 3.86. The summed E-state index contributed by atoms with van der Waals surface area (Å²) in [7, 11) is 0. The molecule has 1 fully saturated rings. The SMILES string of the molecule is Cc1ncsc1C(=O)N1CCCC1c1nccnc1-c1ncc[nH]1. The van der Waals surface area contributed by atoms with Gasteiger partial charge in [0.25, 0.3) is 5.91 Å². The smallest absolute Gasteiger partial charge is 0.266 e. The van der Waals surface area contributed by atoms with E-state index in [9.17, 15) is 4.79 Å². The molecule has 0 radical (unpaired) electrons. The molecule has 1 unspecified atom stereocenters. The summed E-state index contributed by atoms with van der Waals surface area (Å²) in [5.41, 5.74) is 3.99. The monoisotopic (exact) mass is 340 g/mol. The van der Waals surface area contributed by atoms with Crippen LogP contribution in [0.5, 0.6) is 0 Å². The second kappa shape index (κ2) is 6.12. The first-order chi connectivity index (χ1) is 11.8. The van der Waals surface area contributed by atoms with Crippen molar-refractivity contribution in [2.75, 3.05) is 6.54 Å². The van der Waals surface area contributed by atoms with E-state index in [2.05, 4.69) is 24.9 Å². The lowest BCUT2D eigenvalue weighted by molar-refractivity contribution is 0.0737. The van der Waals surface area contributed by atoms with Crippen molar-refractivity contribution in [2.24, 2.45) is 0 Å². The number of amides is 1. The maximum atomic E-state index is 12.9. The highest BCUT2D eigenvalue weighted by atomic mass is 32.1. The lowest BCUT2D eigenvalue weighted by Crippen LogP contribution is -2.31. The molecule has 4 heterocycles. The Labute approximate surface area is 142 Å². The summed E-state index contributed by atoms with van der Waals surface area (Å²) < 4.78 is 0. The topological polar surface area (TPSA) is 87.7 Å². The molecule has 24 heavy (non-hydrogen) atoms. The Kier molecular flexibility index (Phi) is 3.81. The van der Waals surface area contributed by atoms with Gasteiger partial charge in [0, 0.05) is 31.3 Å². The molecule has 122 valence electrons. The van der Waals surface area contributed by atoms with Gasteiger partial charge in [-0.3, -0.25) is 9.78 Å². The van der Waals surface area contributed by atoms with Crippen LogP contribution in [0.25, 0.3) is 11.5 Å². The summed E-state index contributed by atoms with van der Waals surface area (Å²) in [5, 5.41) is 0. The molecule has 1 aliphatic heterocycles. The van der Waals surface area contributed by atoms with Gasteiger partial charge in [0.05, 0.1) is 22.9 Å². The van der Waals surface area contributed by atoms with Gasteiger partial charge in [-0.15, -0.1) is 11.3 Å². The highest BCUT2D eigenvalue weighted by molar-refractivity contribution is 7.11. The number of rotatable bonds is 3. The van der Waals surface area contributed by atoms with Gasteiger partial charge in [0.2, 0.25) is 0 Å². The van der Waals surface area contributed by atoms with Crippen LogP contribution in [0.2, 0.25) is 0 Å². The van der Waals surface area contributed by atoms with E-state index in [4.69, 9.17) is 0 Å². The van der Waals surface area contributed by atoms with Gasteiger partial charge in [0.15, 0.2) is 5.82 Å². The predicted octanol–water partition coefficient (Wildman–Crippen LogP) is 2.61. The average molecular weight is 340 g/mol. The van der Waals surface area contributed by atoms with Gasteiger partial charge in [-0.25, -0.2) is 15.0 Å². The van der Waals surface area contributed by atoms with E-state index in [1.54, 1.807) is 30.3 Å². The van der Waals surface area contributed by atoms with E-state index in [1.807, 2.05) is 11.8 Å². The molecular formula is C16H16N6OS. The van der Waals surface area contributed by atoms with E-state index in [0.717, 1.165) is 30.8 Å². The van der Waals surface area contributed by atoms with Crippen LogP contribution in [-0.4, -0.2) is 42.3 Å². The zero-order valence-corrected chi connectivity index (χ0v) is 14.0. The first kappa shape index (κ1) is 14.9. The Morgan fingerprint density at radius 3 is 2.88 bits per heavy atom. The Bertz CT molecular complexity index is 859. The maximum absolute atomic E-state index is 12.9. The first-order valence-corrected chi connectivity index (χ1v) is 8.65. The quantitative estimate of drug-likeness (QED) is 0.792. The molecular weight excluding hydrogens is 324 g/mol. The molecule has 0 spiro atoms. The Morgan fingerprint density at radius 2 is 2.12 bits per heavy atom. The van der Waals surface area contributed by atoms with Crippen molar-refractivity contribution in [1.82, 2.24) is 29.8 Å². The lowest BCUT2D eigenvalue weighted by atomic mass is 10.1. The van der Waals surface area contributed by atoms with Crippen LogP contribution in [0, 0.1) is 6.92 Å². The molecule has 1 N–H and O–H groups in total. The van der Waals surface area contributed by atoms with E-state index in [0.29, 0.717) is 16.4 Å². The molecule has 0 bridgehead atoms. The Morgan fingerprint density at radius 1 is 1.25 bits per heavy atom. The number of thiazole rings is 1. The van der Waals surface area contributed by atoms with E-state index in [1.165, 1.54) is 11.3 Å². The van der Waals surface area contributed by atoms with Gasteiger partial charge in [0.1, 0.15) is 10.6 Å². The van der Waals surface area contributed by atoms with Crippen LogP contribution in [0.1, 0.15) is 39.9 Å². The summed E-state index contributed by atoms with van der Waals surface area (Å²) >= 11 is 1.39. The number of H-pyrrole nitrogens is 1. The number of likely N-dealkylation sites (tertiary alicyclic amines) is 1. The number of nitrogens with zero attached hydrogens (tertiary/aromatic N) is 5. The molecule has 0 saturated carbocycles. The number of imidazole rings is 1. The molecule has 1 aliphatic rings. The molecule has 3 aromatic heterocycles. The summed E-state index contributed by atoms with van der Waals surface area (Å²) in [4.78, 5) is 36.0. The van der Waals surface area contributed by atoms with Gasteiger partial charge >= 0.3 is 0 Å². The zero-order valence-electron chi connectivity index (χ0n) is 13.1. The van der Waals surface area contributed by atoms with E-state index in [-0.39, 0.29) is 11.9 Å². The third kappa shape index (κ3) is 2.48.